The van der Waals surface area contributed by atoms with Gasteiger partial charge in [0.05, 0.1) is 0 Å². The number of carboxylic acids is 1. The maximum Gasteiger partial charge on any atom is 0.352 e. The highest BCUT2D eigenvalue weighted by molar-refractivity contribution is 6.00. The first-order chi connectivity index (χ1) is 14.0. The van der Waals surface area contributed by atoms with Gasteiger partial charge >= 0.3 is 5.97 Å². The Morgan fingerprint density at radius 3 is 1.59 bits per heavy atom. The van der Waals surface area contributed by atoms with Gasteiger partial charge in [-0.25, -0.2) is 4.79 Å². The smallest absolute Gasteiger partial charge is 0.352 e. The molecule has 4 heteroatoms. The van der Waals surface area contributed by atoms with Crippen LogP contribution in [0.25, 0.3) is 0 Å². The van der Waals surface area contributed by atoms with E-state index in [0.717, 1.165) is 18.5 Å². The molecule has 0 atom stereocenters. The number of carbonyl (C=O) groups excluding carboxylic acids is 1. The number of hydrogen-bond acceptors (Lipinski definition) is 2. The lowest BCUT2D eigenvalue weighted by atomic mass is 10.0. The maximum atomic E-state index is 12.4. The molecule has 1 rings (SSSR count). The Hall–Kier alpha value is -1.58. The Kier molecular flexibility index (Phi) is 13.4. The molecule has 0 saturated carbocycles. The topological polar surface area (TPSA) is 59.3 Å². The summed E-state index contributed by atoms with van der Waals surface area (Å²) in [5.74, 6) is -0.915. The number of unbranched alkanes of at least 4 members (excludes halogenated alkanes) is 14. The number of carboxylic acid groups (broad SMARTS) is 1. The lowest BCUT2D eigenvalue weighted by molar-refractivity contribution is 0.0686. The highest BCUT2D eigenvalue weighted by atomic mass is 16.4. The molecule has 0 amide bonds. The fraction of sp³-hybridized carbons (Fsp3) is 0.760. The number of Topliss-reactive ketones (excluding diaryl/α,β-unsaturated/α-hetero) is 1. The van der Waals surface area contributed by atoms with E-state index in [2.05, 4.69) is 6.92 Å². The molecule has 0 aliphatic rings. The van der Waals surface area contributed by atoms with Gasteiger partial charge in [-0.1, -0.05) is 96.8 Å². The van der Waals surface area contributed by atoms with Crippen LogP contribution in [0, 0.1) is 6.92 Å². The summed E-state index contributed by atoms with van der Waals surface area (Å²) in [6.45, 7) is 4.08. The summed E-state index contributed by atoms with van der Waals surface area (Å²) in [6.07, 6.45) is 20.1. The van der Waals surface area contributed by atoms with Crippen LogP contribution in [0.2, 0.25) is 0 Å². The second kappa shape index (κ2) is 15.3. The number of ketones is 1. The number of aromatic carboxylic acids is 1. The summed E-state index contributed by atoms with van der Waals surface area (Å²) in [6, 6.07) is 1.52. The number of aromatic nitrogens is 1. The fourth-order valence-corrected chi connectivity index (χ4v) is 3.98. The van der Waals surface area contributed by atoms with Crippen LogP contribution in [-0.4, -0.2) is 21.4 Å². The van der Waals surface area contributed by atoms with E-state index in [-0.39, 0.29) is 11.5 Å². The monoisotopic (exact) mass is 405 g/mol. The summed E-state index contributed by atoms with van der Waals surface area (Å²) in [4.78, 5) is 23.6. The van der Waals surface area contributed by atoms with E-state index in [4.69, 9.17) is 5.11 Å². The van der Waals surface area contributed by atoms with Crippen LogP contribution in [0.4, 0.5) is 0 Å². The van der Waals surface area contributed by atoms with Crippen molar-refractivity contribution in [1.82, 2.24) is 4.57 Å². The first kappa shape index (κ1) is 25.5. The van der Waals surface area contributed by atoms with Crippen molar-refractivity contribution in [3.05, 3.63) is 23.0 Å². The van der Waals surface area contributed by atoms with Gasteiger partial charge in [0, 0.05) is 24.7 Å². The molecule has 1 heterocycles. The van der Waals surface area contributed by atoms with Crippen LogP contribution < -0.4 is 0 Å². The first-order valence-electron chi connectivity index (χ1n) is 11.9. The molecule has 0 radical (unpaired) electrons. The molecule has 1 aromatic heterocycles. The molecule has 29 heavy (non-hydrogen) atoms. The van der Waals surface area contributed by atoms with E-state index in [9.17, 15) is 9.59 Å². The molecular formula is C25H43NO3. The Morgan fingerprint density at radius 1 is 0.793 bits per heavy atom. The average Bonchev–Trinajstić information content (AvgIpc) is 3.00. The summed E-state index contributed by atoms with van der Waals surface area (Å²) < 4.78 is 1.59. The van der Waals surface area contributed by atoms with Crippen molar-refractivity contribution in [3.63, 3.8) is 0 Å². The van der Waals surface area contributed by atoms with Gasteiger partial charge in [0.2, 0.25) is 0 Å². The number of hydrogen-bond donors (Lipinski definition) is 1. The van der Waals surface area contributed by atoms with E-state index in [1.54, 1.807) is 11.6 Å². The molecule has 0 fully saturated rings. The zero-order chi connectivity index (χ0) is 21.5. The molecule has 0 spiro atoms. The second-order valence-corrected chi connectivity index (χ2v) is 8.52. The Bertz CT molecular complexity index is 603. The van der Waals surface area contributed by atoms with E-state index in [0.29, 0.717) is 12.0 Å². The summed E-state index contributed by atoms with van der Waals surface area (Å²) >= 11 is 0. The van der Waals surface area contributed by atoms with Gasteiger partial charge in [0.1, 0.15) is 5.69 Å². The third-order valence-corrected chi connectivity index (χ3v) is 6.06. The van der Waals surface area contributed by atoms with Crippen molar-refractivity contribution in [2.24, 2.45) is 7.05 Å². The second-order valence-electron chi connectivity index (χ2n) is 8.52. The summed E-state index contributed by atoms with van der Waals surface area (Å²) in [5.41, 5.74) is 1.49. The van der Waals surface area contributed by atoms with Crippen LogP contribution in [0.15, 0.2) is 6.07 Å². The van der Waals surface area contributed by atoms with Crippen molar-refractivity contribution in [2.75, 3.05) is 0 Å². The average molecular weight is 406 g/mol. The summed E-state index contributed by atoms with van der Waals surface area (Å²) in [7, 11) is 1.70. The highest BCUT2D eigenvalue weighted by Crippen LogP contribution is 2.18. The van der Waals surface area contributed by atoms with Gasteiger partial charge in [0.15, 0.2) is 5.78 Å². The first-order valence-corrected chi connectivity index (χ1v) is 11.9. The zero-order valence-electron chi connectivity index (χ0n) is 19.1. The third kappa shape index (κ3) is 10.1. The molecule has 0 saturated heterocycles. The molecule has 0 aromatic carbocycles. The SMILES string of the molecule is CCCCCCCCCCCCCCCCCC(=O)c1cc(C(=O)O)n(C)c1C. The van der Waals surface area contributed by atoms with Crippen molar-refractivity contribution >= 4 is 11.8 Å². The van der Waals surface area contributed by atoms with Crippen LogP contribution in [0.3, 0.4) is 0 Å². The van der Waals surface area contributed by atoms with Gasteiger partial charge in [-0.15, -0.1) is 0 Å². The molecule has 0 aliphatic heterocycles. The molecule has 1 N–H and O–H groups in total. The van der Waals surface area contributed by atoms with Gasteiger partial charge in [-0.2, -0.15) is 0 Å². The molecular weight excluding hydrogens is 362 g/mol. The predicted molar refractivity (Wildman–Crippen MR) is 121 cm³/mol. The Balaban J connectivity index is 1.99. The van der Waals surface area contributed by atoms with Crippen molar-refractivity contribution in [2.45, 2.75) is 117 Å². The van der Waals surface area contributed by atoms with E-state index >= 15 is 0 Å². The lowest BCUT2D eigenvalue weighted by Gasteiger charge is -2.04. The van der Waals surface area contributed by atoms with Crippen LogP contribution >= 0.6 is 0 Å². The number of nitrogens with zero attached hydrogens (tertiary/aromatic N) is 1. The quantitative estimate of drug-likeness (QED) is 0.203. The molecule has 0 bridgehead atoms. The minimum absolute atomic E-state index is 0.0697. The Labute approximate surface area is 178 Å². The van der Waals surface area contributed by atoms with Crippen molar-refractivity contribution in [1.29, 1.82) is 0 Å². The maximum absolute atomic E-state index is 12.4. The normalized spacial score (nSPS) is 11.1. The van der Waals surface area contributed by atoms with Gasteiger partial charge in [-0.05, 0) is 19.4 Å². The zero-order valence-corrected chi connectivity index (χ0v) is 19.1. The molecule has 166 valence electrons. The fourth-order valence-electron chi connectivity index (χ4n) is 3.98. The number of rotatable bonds is 18. The minimum Gasteiger partial charge on any atom is -0.477 e. The molecule has 4 nitrogen and oxygen atoms in total. The highest BCUT2D eigenvalue weighted by Gasteiger charge is 2.18. The minimum atomic E-state index is -0.985. The third-order valence-electron chi connectivity index (χ3n) is 6.06. The predicted octanol–water partition coefficient (Wildman–Crippen LogP) is 7.48. The Morgan fingerprint density at radius 2 is 1.21 bits per heavy atom. The van der Waals surface area contributed by atoms with Gasteiger partial charge in [-0.3, -0.25) is 4.79 Å². The molecule has 0 unspecified atom stereocenters. The standard InChI is InChI=1S/C25H43NO3/c1-4-5-6-7-8-9-10-11-12-13-14-15-16-17-18-19-24(27)22-20-23(25(28)29)26(3)21(22)2/h20H,4-19H2,1-3H3,(H,28,29). The van der Waals surface area contributed by atoms with Crippen LogP contribution in [0.5, 0.6) is 0 Å². The van der Waals surface area contributed by atoms with Crippen molar-refractivity contribution < 1.29 is 14.7 Å². The molecule has 1 aromatic rings. The van der Waals surface area contributed by atoms with E-state index in [1.165, 1.54) is 89.5 Å². The molecule has 0 aliphatic carbocycles. The lowest BCUT2D eigenvalue weighted by Crippen LogP contribution is -2.05. The van der Waals surface area contributed by atoms with E-state index < -0.39 is 5.97 Å². The van der Waals surface area contributed by atoms with Gasteiger partial charge in [0.25, 0.3) is 0 Å². The number of carbonyl (C=O) groups is 2. The van der Waals surface area contributed by atoms with Gasteiger partial charge < -0.3 is 9.67 Å². The van der Waals surface area contributed by atoms with Crippen LogP contribution in [0.1, 0.15) is 136 Å². The van der Waals surface area contributed by atoms with Crippen LogP contribution in [-0.2, 0) is 7.05 Å². The van der Waals surface area contributed by atoms with Crippen molar-refractivity contribution in [3.8, 4) is 0 Å². The van der Waals surface area contributed by atoms with E-state index in [1.807, 2.05) is 6.92 Å². The summed E-state index contributed by atoms with van der Waals surface area (Å²) in [5, 5.41) is 9.17. The largest absolute Gasteiger partial charge is 0.477 e.